The average molecular weight is 431 g/mol. The maximum absolute atomic E-state index is 15.0. The third-order valence-electron chi connectivity index (χ3n) is 3.75. The van der Waals surface area contributed by atoms with Gasteiger partial charge in [-0.3, -0.25) is 4.57 Å². The number of halogens is 4. The molecule has 0 aliphatic carbocycles. The molecule has 2 N–H and O–H groups in total. The molecule has 138 valence electrons. The summed E-state index contributed by atoms with van der Waals surface area (Å²) in [6.07, 6.45) is 0. The highest BCUT2D eigenvalue weighted by Crippen LogP contribution is 2.60. The average Bonchev–Trinajstić information content (AvgIpc) is 2.32. The Morgan fingerprint density at radius 2 is 1.50 bits per heavy atom. The van der Waals surface area contributed by atoms with Gasteiger partial charge in [0.05, 0.1) is 5.56 Å². The lowest BCUT2D eigenvalue weighted by Gasteiger charge is -2.32. The highest BCUT2D eigenvalue weighted by Gasteiger charge is 2.53. The van der Waals surface area contributed by atoms with Gasteiger partial charge in [0.15, 0.2) is 0 Å². The summed E-state index contributed by atoms with van der Waals surface area (Å²) >= 11 is 3.29. The lowest BCUT2D eigenvalue weighted by molar-refractivity contribution is 0.0522. The lowest BCUT2D eigenvalue weighted by Crippen LogP contribution is -2.27. The Bertz CT molecular complexity index is 685. The van der Waals surface area contributed by atoms with Gasteiger partial charge in [0.2, 0.25) is 0 Å². The maximum Gasteiger partial charge on any atom is 0.399 e. The zero-order valence-corrected chi connectivity index (χ0v) is 17.0. The maximum atomic E-state index is 15.0. The number of hydrogen-bond acceptors (Lipinski definition) is 1. The largest absolute Gasteiger partial charge is 0.399 e. The molecule has 0 atom stereocenters. The Morgan fingerprint density at radius 3 is 1.79 bits per heavy atom. The second kappa shape index (κ2) is 6.42. The molecular formula is C16H23BrF3O3P. The molecule has 1 aromatic rings. The van der Waals surface area contributed by atoms with E-state index in [0.29, 0.717) is 11.1 Å². The summed E-state index contributed by atoms with van der Waals surface area (Å²) < 4.78 is 54.8. The third kappa shape index (κ3) is 3.90. The zero-order chi connectivity index (χ0) is 19.3. The van der Waals surface area contributed by atoms with Gasteiger partial charge in [-0.2, -0.15) is 8.78 Å². The monoisotopic (exact) mass is 430 g/mol. The van der Waals surface area contributed by atoms with Gasteiger partial charge in [-0.05, 0) is 33.6 Å². The van der Waals surface area contributed by atoms with E-state index in [-0.39, 0.29) is 10.9 Å². The van der Waals surface area contributed by atoms with Crippen LogP contribution in [0.3, 0.4) is 0 Å². The predicted octanol–water partition coefficient (Wildman–Crippen LogP) is 5.54. The van der Waals surface area contributed by atoms with E-state index in [1.54, 1.807) is 41.5 Å². The van der Waals surface area contributed by atoms with Crippen molar-refractivity contribution in [1.82, 2.24) is 0 Å². The van der Waals surface area contributed by atoms with E-state index in [2.05, 4.69) is 15.9 Å². The molecule has 0 aliphatic rings. The minimum atomic E-state index is -5.87. The van der Waals surface area contributed by atoms with Crippen molar-refractivity contribution >= 4 is 23.5 Å². The molecule has 0 saturated heterocycles. The third-order valence-corrected chi connectivity index (χ3v) is 5.29. The van der Waals surface area contributed by atoms with E-state index in [0.717, 1.165) is 6.07 Å². The molecule has 0 saturated carbocycles. The molecule has 24 heavy (non-hydrogen) atoms. The van der Waals surface area contributed by atoms with E-state index < -0.39 is 35.5 Å². The molecule has 3 nitrogen and oxygen atoms in total. The van der Waals surface area contributed by atoms with E-state index in [4.69, 9.17) is 9.79 Å². The highest BCUT2D eigenvalue weighted by molar-refractivity contribution is 9.08. The van der Waals surface area contributed by atoms with Crippen LogP contribution in [0.15, 0.2) is 6.07 Å². The smallest absolute Gasteiger partial charge is 0.320 e. The summed E-state index contributed by atoms with van der Waals surface area (Å²) in [6, 6.07) is 0.889. The minimum absolute atomic E-state index is 0.0370. The van der Waals surface area contributed by atoms with Crippen molar-refractivity contribution in [3.8, 4) is 0 Å². The molecule has 0 heterocycles. The first-order valence-electron chi connectivity index (χ1n) is 7.32. The molecule has 0 aliphatic heterocycles. The minimum Gasteiger partial charge on any atom is -0.320 e. The van der Waals surface area contributed by atoms with Crippen LogP contribution in [0.25, 0.3) is 0 Å². The number of hydrogen-bond donors (Lipinski definition) is 2. The summed E-state index contributed by atoms with van der Waals surface area (Å²) in [5.74, 6) is -1.27. The first-order chi connectivity index (χ1) is 10.5. The molecule has 0 spiro atoms. The van der Waals surface area contributed by atoms with Gasteiger partial charge >= 0.3 is 13.3 Å². The Kier molecular flexibility index (Phi) is 5.80. The van der Waals surface area contributed by atoms with Gasteiger partial charge in [0, 0.05) is 5.33 Å². The van der Waals surface area contributed by atoms with Crippen LogP contribution >= 0.6 is 23.5 Å². The van der Waals surface area contributed by atoms with Crippen molar-refractivity contribution in [1.29, 1.82) is 0 Å². The molecular weight excluding hydrogens is 408 g/mol. The van der Waals surface area contributed by atoms with Crippen LogP contribution < -0.4 is 0 Å². The molecule has 0 radical (unpaired) electrons. The Balaban J connectivity index is 4.06. The van der Waals surface area contributed by atoms with Crippen LogP contribution in [0.2, 0.25) is 0 Å². The van der Waals surface area contributed by atoms with Crippen molar-refractivity contribution in [2.75, 3.05) is 0 Å². The summed E-state index contributed by atoms with van der Waals surface area (Å²) in [7, 11) is -5.87. The second-order valence-corrected chi connectivity index (χ2v) is 10.1. The molecule has 0 unspecified atom stereocenters. The van der Waals surface area contributed by atoms with Crippen LogP contribution in [0, 0.1) is 5.82 Å². The molecule has 0 aromatic heterocycles. The SMILES string of the molecule is CC(C)(C)c1cc(C(F)(F)P(=O)(O)O)c(F)c(C(C)(C)C)c1CBr. The van der Waals surface area contributed by atoms with Crippen LogP contribution in [-0.4, -0.2) is 9.79 Å². The second-order valence-electron chi connectivity index (χ2n) is 7.86. The topological polar surface area (TPSA) is 57.5 Å². The fraction of sp³-hybridized carbons (Fsp3) is 0.625. The molecule has 0 fully saturated rings. The van der Waals surface area contributed by atoms with E-state index >= 15 is 0 Å². The molecule has 1 aromatic carbocycles. The summed E-state index contributed by atoms with van der Waals surface area (Å²) in [6.45, 7) is 10.3. The van der Waals surface area contributed by atoms with Crippen molar-refractivity contribution < 1.29 is 27.5 Å². The lowest BCUT2D eigenvalue weighted by atomic mass is 9.75. The first kappa shape index (κ1) is 21.7. The molecule has 1 rings (SSSR count). The normalized spacial score (nSPS) is 14.2. The van der Waals surface area contributed by atoms with Crippen LogP contribution in [0.5, 0.6) is 0 Å². The van der Waals surface area contributed by atoms with Crippen molar-refractivity contribution in [2.45, 2.75) is 63.4 Å². The van der Waals surface area contributed by atoms with Crippen molar-refractivity contribution in [3.63, 3.8) is 0 Å². The Hall–Kier alpha value is -0.360. The van der Waals surface area contributed by atoms with Crippen molar-refractivity contribution in [2.24, 2.45) is 0 Å². The zero-order valence-electron chi connectivity index (χ0n) is 14.5. The number of benzene rings is 1. The molecule has 0 bridgehead atoms. The summed E-state index contributed by atoms with van der Waals surface area (Å²) in [4.78, 5) is 18.0. The first-order valence-corrected chi connectivity index (χ1v) is 10.1. The summed E-state index contributed by atoms with van der Waals surface area (Å²) in [5.41, 5.74) is -6.30. The van der Waals surface area contributed by atoms with Gasteiger partial charge in [0.1, 0.15) is 5.82 Å². The fourth-order valence-electron chi connectivity index (χ4n) is 2.66. The fourth-order valence-corrected chi connectivity index (χ4v) is 3.72. The Labute approximate surface area is 148 Å². The molecule has 8 heteroatoms. The number of alkyl halides is 3. The van der Waals surface area contributed by atoms with E-state index in [9.17, 15) is 17.7 Å². The highest BCUT2D eigenvalue weighted by atomic mass is 79.9. The standard InChI is InChI=1S/C16H23BrF3O3P/c1-14(2,3)10-7-11(16(19,20)24(21,22)23)13(18)12(9(10)8-17)15(4,5)6/h7H,8H2,1-6H3,(H2,21,22,23). The van der Waals surface area contributed by atoms with Gasteiger partial charge in [0.25, 0.3) is 0 Å². The van der Waals surface area contributed by atoms with Crippen LogP contribution in [-0.2, 0) is 26.4 Å². The van der Waals surface area contributed by atoms with Gasteiger partial charge in [-0.25, -0.2) is 4.39 Å². The van der Waals surface area contributed by atoms with E-state index in [1.807, 2.05) is 0 Å². The summed E-state index contributed by atoms with van der Waals surface area (Å²) in [5, 5.41) is 0.241. The van der Waals surface area contributed by atoms with Crippen LogP contribution in [0.4, 0.5) is 13.2 Å². The predicted molar refractivity (Wildman–Crippen MR) is 92.4 cm³/mol. The quantitative estimate of drug-likeness (QED) is 0.488. The molecule has 0 amide bonds. The van der Waals surface area contributed by atoms with Gasteiger partial charge < -0.3 is 9.79 Å². The Morgan fingerprint density at radius 1 is 1.04 bits per heavy atom. The van der Waals surface area contributed by atoms with Gasteiger partial charge in [-0.15, -0.1) is 0 Å². The van der Waals surface area contributed by atoms with Crippen molar-refractivity contribution in [3.05, 3.63) is 34.1 Å². The van der Waals surface area contributed by atoms with Crippen LogP contribution in [0.1, 0.15) is 63.8 Å². The van der Waals surface area contributed by atoms with Gasteiger partial charge in [-0.1, -0.05) is 57.5 Å². The van der Waals surface area contributed by atoms with E-state index in [1.165, 1.54) is 0 Å². The number of rotatable bonds is 3.